The Morgan fingerprint density at radius 3 is 2.37 bits per heavy atom. The Balaban J connectivity index is 1.59. The molecule has 3 aromatic carbocycles. The first-order chi connectivity index (χ1) is 14.6. The van der Waals surface area contributed by atoms with Crippen LogP contribution in [-0.2, 0) is 16.1 Å². The molecule has 0 saturated carbocycles. The summed E-state index contributed by atoms with van der Waals surface area (Å²) in [6, 6.07) is 26.0. The maximum absolute atomic E-state index is 9.36. The summed E-state index contributed by atoms with van der Waals surface area (Å²) in [6.07, 6.45) is -0.578. The highest BCUT2D eigenvalue weighted by Gasteiger charge is 2.38. The summed E-state index contributed by atoms with van der Waals surface area (Å²) in [6.45, 7) is 2.21. The van der Waals surface area contributed by atoms with Crippen LogP contribution in [0.15, 0.2) is 83.8 Å². The molecule has 1 saturated heterocycles. The van der Waals surface area contributed by atoms with Gasteiger partial charge in [-0.3, -0.25) is 0 Å². The molecule has 0 bridgehead atoms. The normalized spacial score (nSPS) is 23.9. The van der Waals surface area contributed by atoms with Crippen molar-refractivity contribution in [1.29, 1.82) is 0 Å². The monoisotopic (exact) mass is 421 g/mol. The van der Waals surface area contributed by atoms with E-state index in [-0.39, 0.29) is 24.7 Å². The smallest absolute Gasteiger partial charge is 0.185 e. The van der Waals surface area contributed by atoms with Gasteiger partial charge in [-0.2, -0.15) is 0 Å². The molecule has 1 heterocycles. The van der Waals surface area contributed by atoms with E-state index in [4.69, 9.17) is 15.2 Å². The minimum absolute atomic E-state index is 0.0119. The lowest BCUT2D eigenvalue weighted by Gasteiger charge is -2.41. The van der Waals surface area contributed by atoms with Gasteiger partial charge in [0, 0.05) is 27.8 Å². The molecule has 0 aliphatic carbocycles. The summed E-state index contributed by atoms with van der Waals surface area (Å²) in [5, 5.41) is 9.36. The molecule has 4 nitrogen and oxygen atoms in total. The number of benzene rings is 3. The highest BCUT2D eigenvalue weighted by Crippen LogP contribution is 2.43. The van der Waals surface area contributed by atoms with Crippen LogP contribution < -0.4 is 5.73 Å². The van der Waals surface area contributed by atoms with E-state index in [9.17, 15) is 5.11 Å². The van der Waals surface area contributed by atoms with E-state index in [1.165, 1.54) is 4.90 Å². The summed E-state index contributed by atoms with van der Waals surface area (Å²) in [5.41, 5.74) is 9.60. The average molecular weight is 422 g/mol. The molecule has 5 heteroatoms. The van der Waals surface area contributed by atoms with Gasteiger partial charge in [-0.15, -0.1) is 11.8 Å². The minimum atomic E-state index is -0.478. The molecule has 156 valence electrons. The zero-order valence-corrected chi connectivity index (χ0v) is 17.8. The number of hydrogen-bond donors (Lipinski definition) is 2. The number of hydrogen-bond acceptors (Lipinski definition) is 5. The van der Waals surface area contributed by atoms with Crippen LogP contribution in [0.4, 0.5) is 5.69 Å². The van der Waals surface area contributed by atoms with E-state index < -0.39 is 6.29 Å². The van der Waals surface area contributed by atoms with Crippen molar-refractivity contribution in [1.82, 2.24) is 0 Å². The van der Waals surface area contributed by atoms with Gasteiger partial charge >= 0.3 is 0 Å². The summed E-state index contributed by atoms with van der Waals surface area (Å²) >= 11 is 1.80. The third-order valence-electron chi connectivity index (χ3n) is 5.46. The molecule has 4 atom stereocenters. The van der Waals surface area contributed by atoms with Gasteiger partial charge in [-0.25, -0.2) is 0 Å². The minimum Gasteiger partial charge on any atom is -0.399 e. The van der Waals surface area contributed by atoms with Crippen LogP contribution >= 0.6 is 11.8 Å². The third kappa shape index (κ3) is 4.87. The lowest BCUT2D eigenvalue weighted by Crippen LogP contribution is -2.38. The molecule has 1 aliphatic rings. The number of aliphatic hydroxyl groups is 1. The van der Waals surface area contributed by atoms with Gasteiger partial charge in [-0.05, 0) is 35.4 Å². The van der Waals surface area contributed by atoms with Crippen molar-refractivity contribution in [2.75, 3.05) is 11.5 Å². The van der Waals surface area contributed by atoms with Gasteiger partial charge in [0.15, 0.2) is 6.29 Å². The van der Waals surface area contributed by atoms with Gasteiger partial charge in [0.2, 0.25) is 0 Å². The van der Waals surface area contributed by atoms with Crippen molar-refractivity contribution < 1.29 is 14.6 Å². The zero-order valence-electron chi connectivity index (χ0n) is 17.0. The van der Waals surface area contributed by atoms with Gasteiger partial charge in [0.25, 0.3) is 0 Å². The summed E-state index contributed by atoms with van der Waals surface area (Å²) in [7, 11) is 0. The largest absolute Gasteiger partial charge is 0.399 e. The molecule has 0 radical (unpaired) electrons. The van der Waals surface area contributed by atoms with Crippen LogP contribution in [0.25, 0.3) is 0 Å². The molecular weight excluding hydrogens is 394 g/mol. The highest BCUT2D eigenvalue weighted by molar-refractivity contribution is 7.99. The second-order valence-electron chi connectivity index (χ2n) is 7.62. The third-order valence-corrected chi connectivity index (χ3v) is 6.56. The Morgan fingerprint density at radius 2 is 1.67 bits per heavy atom. The highest BCUT2D eigenvalue weighted by atomic mass is 32.2. The zero-order chi connectivity index (χ0) is 20.9. The molecule has 30 heavy (non-hydrogen) atoms. The quantitative estimate of drug-likeness (QED) is 0.415. The van der Waals surface area contributed by atoms with Crippen LogP contribution in [0.3, 0.4) is 0 Å². The number of anilines is 1. The Hall–Kier alpha value is -2.31. The lowest BCUT2D eigenvalue weighted by molar-refractivity contribution is -0.268. The second-order valence-corrected chi connectivity index (χ2v) is 8.71. The molecule has 0 aromatic heterocycles. The summed E-state index contributed by atoms with van der Waals surface area (Å²) in [5.74, 6) is 0.997. The van der Waals surface area contributed by atoms with Crippen LogP contribution in [0.1, 0.15) is 36.0 Å². The molecule has 4 rings (SSSR count). The Labute approximate surface area is 182 Å². The number of ether oxygens (including phenoxy) is 2. The standard InChI is InChI=1S/C25H27NO3S/c1-17-23(16-30-22-8-3-2-4-9-22)28-25(20-6-5-7-21(26)14-20)29-24(17)19-12-10-18(15-27)11-13-19/h2-14,17,23-25,27H,15-16,26H2,1H3/t17-,23+,24+,25+/m1/s1. The van der Waals surface area contributed by atoms with Crippen molar-refractivity contribution in [2.24, 2.45) is 5.92 Å². The SMILES string of the molecule is C[C@@H]1[C@H](CSc2ccccc2)O[C@H](c2cccc(N)c2)O[C@@H]1c1ccc(CO)cc1. The van der Waals surface area contributed by atoms with Crippen LogP contribution in [0, 0.1) is 5.92 Å². The first kappa shape index (κ1) is 20.9. The fraction of sp³-hybridized carbons (Fsp3) is 0.280. The molecule has 0 spiro atoms. The van der Waals surface area contributed by atoms with Crippen molar-refractivity contribution in [3.05, 3.63) is 95.6 Å². The first-order valence-corrected chi connectivity index (χ1v) is 11.2. The second kappa shape index (κ2) is 9.67. The molecule has 0 amide bonds. The fourth-order valence-corrected chi connectivity index (χ4v) is 4.80. The number of nitrogens with two attached hydrogens (primary N) is 1. The molecule has 1 fully saturated rings. The molecule has 0 unspecified atom stereocenters. The summed E-state index contributed by atoms with van der Waals surface area (Å²) < 4.78 is 12.9. The van der Waals surface area contributed by atoms with E-state index in [0.717, 1.165) is 22.4 Å². The number of aliphatic hydroxyl groups excluding tert-OH is 1. The molecule has 3 aromatic rings. The lowest BCUT2D eigenvalue weighted by atomic mass is 9.91. The van der Waals surface area contributed by atoms with Crippen molar-refractivity contribution in [3.63, 3.8) is 0 Å². The topological polar surface area (TPSA) is 64.7 Å². The van der Waals surface area contributed by atoms with Crippen LogP contribution in [-0.4, -0.2) is 17.0 Å². The van der Waals surface area contributed by atoms with E-state index in [1.807, 2.05) is 54.6 Å². The predicted octanol–water partition coefficient (Wildman–Crippen LogP) is 5.34. The van der Waals surface area contributed by atoms with Crippen LogP contribution in [0.2, 0.25) is 0 Å². The predicted molar refractivity (Wildman–Crippen MR) is 121 cm³/mol. The number of nitrogen functional groups attached to an aromatic ring is 1. The van der Waals surface area contributed by atoms with E-state index in [0.29, 0.717) is 5.69 Å². The molecule has 3 N–H and O–H groups in total. The van der Waals surface area contributed by atoms with Crippen LogP contribution in [0.5, 0.6) is 0 Å². The Bertz CT molecular complexity index is 948. The van der Waals surface area contributed by atoms with E-state index >= 15 is 0 Å². The maximum atomic E-state index is 9.36. The number of thioether (sulfide) groups is 1. The van der Waals surface area contributed by atoms with Gasteiger partial charge in [-0.1, -0.05) is 61.5 Å². The first-order valence-electron chi connectivity index (χ1n) is 10.2. The number of rotatable bonds is 6. The van der Waals surface area contributed by atoms with Gasteiger partial charge < -0.3 is 20.3 Å². The van der Waals surface area contributed by atoms with E-state index in [1.54, 1.807) is 11.8 Å². The van der Waals surface area contributed by atoms with Crippen molar-refractivity contribution in [2.45, 2.75) is 36.9 Å². The Morgan fingerprint density at radius 1 is 0.900 bits per heavy atom. The molecule has 1 aliphatic heterocycles. The van der Waals surface area contributed by atoms with Gasteiger partial charge in [0.1, 0.15) is 0 Å². The fourth-order valence-electron chi connectivity index (χ4n) is 3.71. The van der Waals surface area contributed by atoms with Crippen molar-refractivity contribution in [3.8, 4) is 0 Å². The maximum Gasteiger partial charge on any atom is 0.185 e. The van der Waals surface area contributed by atoms with E-state index in [2.05, 4.69) is 31.2 Å². The van der Waals surface area contributed by atoms with Crippen molar-refractivity contribution >= 4 is 17.4 Å². The Kier molecular flexibility index (Phi) is 6.75. The summed E-state index contributed by atoms with van der Waals surface area (Å²) in [4.78, 5) is 1.23. The molecular formula is C25H27NO3S. The van der Waals surface area contributed by atoms with Gasteiger partial charge in [0.05, 0.1) is 18.8 Å². The average Bonchev–Trinajstić information content (AvgIpc) is 2.79.